The summed E-state index contributed by atoms with van der Waals surface area (Å²) in [6, 6.07) is 5.05. The Morgan fingerprint density at radius 2 is 2.09 bits per heavy atom. The van der Waals surface area contributed by atoms with Gasteiger partial charge in [-0.15, -0.1) is 0 Å². The van der Waals surface area contributed by atoms with Crippen LogP contribution in [0, 0.1) is 0 Å². The van der Waals surface area contributed by atoms with Crippen molar-refractivity contribution in [2.24, 2.45) is 4.99 Å². The predicted molar refractivity (Wildman–Crippen MR) is 118 cm³/mol. The van der Waals surface area contributed by atoms with Crippen LogP contribution in [0.3, 0.4) is 0 Å². The van der Waals surface area contributed by atoms with Crippen LogP contribution < -0.4 is 5.32 Å². The second-order valence-electron chi connectivity index (χ2n) is 7.75. The van der Waals surface area contributed by atoms with Gasteiger partial charge in [0, 0.05) is 31.4 Å². The van der Waals surface area contributed by atoms with Gasteiger partial charge in [-0.2, -0.15) is 13.2 Å². The number of aromatic nitrogens is 3. The molecule has 12 heteroatoms. The molecule has 3 heterocycles. The summed E-state index contributed by atoms with van der Waals surface area (Å²) in [6.07, 6.45) is -3.01. The van der Waals surface area contributed by atoms with Crippen molar-refractivity contribution >= 4 is 34.6 Å². The number of aliphatic hydroxyl groups excluding tert-OH is 1. The Morgan fingerprint density at radius 3 is 2.82 bits per heavy atom. The van der Waals surface area contributed by atoms with E-state index in [0.29, 0.717) is 28.4 Å². The monoisotopic (exact) mass is 493 g/mol. The van der Waals surface area contributed by atoms with Gasteiger partial charge in [-0.05, 0) is 23.8 Å². The molecule has 0 radical (unpaired) electrons. The zero-order valence-corrected chi connectivity index (χ0v) is 18.6. The smallest absolute Gasteiger partial charge is 0.395 e. The Labute approximate surface area is 196 Å². The van der Waals surface area contributed by atoms with Crippen LogP contribution in [0.1, 0.15) is 52.3 Å². The number of ketones is 1. The van der Waals surface area contributed by atoms with E-state index in [0.717, 1.165) is 12.1 Å². The molecule has 0 spiro atoms. The van der Waals surface area contributed by atoms with Gasteiger partial charge < -0.3 is 14.9 Å². The van der Waals surface area contributed by atoms with E-state index in [1.165, 1.54) is 12.4 Å². The van der Waals surface area contributed by atoms with Crippen LogP contribution in [-0.2, 0) is 12.6 Å². The number of alkyl halides is 3. The largest absolute Gasteiger partial charge is 0.416 e. The molecular formula is C22H19ClF3N5O3. The number of carbonyl (C=O) groups excluding carboxylic acids is 1. The van der Waals surface area contributed by atoms with E-state index in [1.807, 2.05) is 0 Å². The van der Waals surface area contributed by atoms with Crippen LogP contribution in [-0.4, -0.2) is 44.9 Å². The molecule has 178 valence electrons. The van der Waals surface area contributed by atoms with E-state index in [1.54, 1.807) is 13.0 Å². The van der Waals surface area contributed by atoms with Gasteiger partial charge in [0.2, 0.25) is 0 Å². The zero-order chi connectivity index (χ0) is 24.5. The van der Waals surface area contributed by atoms with E-state index in [9.17, 15) is 18.0 Å². The van der Waals surface area contributed by atoms with Crippen molar-refractivity contribution in [2.45, 2.75) is 31.9 Å². The normalized spacial score (nSPS) is 14.0. The third kappa shape index (κ3) is 4.95. The number of nitrogens with one attached hydrogen (secondary N) is 1. The summed E-state index contributed by atoms with van der Waals surface area (Å²) in [5, 5.41) is 15.8. The maximum Gasteiger partial charge on any atom is 0.416 e. The molecule has 1 aliphatic rings. The van der Waals surface area contributed by atoms with Gasteiger partial charge in [0.05, 0.1) is 23.6 Å². The maximum absolute atomic E-state index is 13.0. The van der Waals surface area contributed by atoms with Crippen LogP contribution in [0.5, 0.6) is 0 Å². The summed E-state index contributed by atoms with van der Waals surface area (Å²) < 4.78 is 44.3. The van der Waals surface area contributed by atoms with Gasteiger partial charge >= 0.3 is 6.18 Å². The van der Waals surface area contributed by atoms with E-state index in [-0.39, 0.29) is 54.2 Å². The van der Waals surface area contributed by atoms with Gasteiger partial charge in [0.15, 0.2) is 5.78 Å². The van der Waals surface area contributed by atoms with Crippen LogP contribution in [0.25, 0.3) is 0 Å². The summed E-state index contributed by atoms with van der Waals surface area (Å²) in [5.74, 6) is -0.0528. The van der Waals surface area contributed by atoms with Crippen molar-refractivity contribution in [3.8, 4) is 0 Å². The number of anilines is 1. The van der Waals surface area contributed by atoms with Crippen LogP contribution in [0.15, 0.2) is 40.1 Å². The van der Waals surface area contributed by atoms with Crippen molar-refractivity contribution in [2.75, 3.05) is 18.5 Å². The lowest BCUT2D eigenvalue weighted by atomic mass is 9.99. The molecule has 0 saturated heterocycles. The molecule has 2 N–H and O–H groups in total. The zero-order valence-electron chi connectivity index (χ0n) is 17.9. The number of aliphatic imine (C=N–C) groups is 1. The van der Waals surface area contributed by atoms with Gasteiger partial charge in [0.25, 0.3) is 0 Å². The van der Waals surface area contributed by atoms with Crippen molar-refractivity contribution < 1.29 is 27.6 Å². The Hall–Kier alpha value is -3.31. The molecule has 0 saturated carbocycles. The molecule has 3 aromatic rings. The van der Waals surface area contributed by atoms with E-state index >= 15 is 0 Å². The molecule has 0 bridgehead atoms. The third-order valence-corrected chi connectivity index (χ3v) is 5.64. The predicted octanol–water partition coefficient (Wildman–Crippen LogP) is 4.59. The molecule has 4 rings (SSSR count). The molecule has 0 amide bonds. The number of carbonyl (C=O) groups is 1. The number of Topliss-reactive ketones (excluding diaryl/α,β-unsaturated/α-hetero) is 1. The topological polar surface area (TPSA) is 114 Å². The number of rotatable bonds is 8. The van der Waals surface area contributed by atoms with Crippen molar-refractivity contribution in [1.82, 2.24) is 15.1 Å². The van der Waals surface area contributed by atoms with Gasteiger partial charge in [-0.1, -0.05) is 23.7 Å². The minimum absolute atomic E-state index is 0.0203. The van der Waals surface area contributed by atoms with Crippen molar-refractivity contribution in [3.05, 3.63) is 63.9 Å². The third-order valence-electron chi connectivity index (χ3n) is 5.28. The molecule has 0 aliphatic carbocycles. The fourth-order valence-electron chi connectivity index (χ4n) is 3.52. The van der Waals surface area contributed by atoms with Crippen LogP contribution in [0.4, 0.5) is 24.7 Å². The highest BCUT2D eigenvalue weighted by Gasteiger charge is 2.32. The number of fused-ring (bicyclic) bond motifs is 1. The van der Waals surface area contributed by atoms with Gasteiger partial charge in [-0.3, -0.25) is 9.79 Å². The first kappa shape index (κ1) is 23.8. The molecule has 1 aromatic carbocycles. The second-order valence-corrected chi connectivity index (χ2v) is 8.13. The fourth-order valence-corrected chi connectivity index (χ4v) is 3.79. The van der Waals surface area contributed by atoms with Crippen molar-refractivity contribution in [3.63, 3.8) is 0 Å². The lowest BCUT2D eigenvalue weighted by Gasteiger charge is -2.10. The minimum atomic E-state index is -4.43. The molecule has 34 heavy (non-hydrogen) atoms. The molecule has 1 atom stereocenters. The van der Waals surface area contributed by atoms with E-state index in [2.05, 4.69) is 25.4 Å². The average molecular weight is 494 g/mol. The van der Waals surface area contributed by atoms with Crippen LogP contribution in [0.2, 0.25) is 5.02 Å². The lowest BCUT2D eigenvalue weighted by Crippen LogP contribution is -2.12. The summed E-state index contributed by atoms with van der Waals surface area (Å²) >= 11 is 6.23. The summed E-state index contributed by atoms with van der Waals surface area (Å²) in [5.41, 5.74) is 1.12. The Balaban J connectivity index is 1.45. The summed E-state index contributed by atoms with van der Waals surface area (Å²) in [7, 11) is 0. The average Bonchev–Trinajstić information content (AvgIpc) is 3.44. The van der Waals surface area contributed by atoms with Gasteiger partial charge in [-0.25, -0.2) is 9.97 Å². The standard InChI is InChI=1S/C22H19ClF3N5O3/c1-11(6-17(33)20-19(23)21(27-4-5-32)29-10-28-20)18-9-16(31-34-18)15-8-12-7-13(22(24,25)26)2-3-14(12)30-15/h2-3,7,9-11,32H,4-6,8H2,1H3,(H,27,28,29)/t11-/m1/s1. The number of aliphatic hydroxyl groups is 1. The first-order chi connectivity index (χ1) is 16.2. The summed E-state index contributed by atoms with van der Waals surface area (Å²) in [6.45, 7) is 1.85. The number of benzene rings is 1. The highest BCUT2D eigenvalue weighted by Crippen LogP contribution is 2.36. The number of nitrogens with zero attached hydrogens (tertiary/aromatic N) is 4. The fraction of sp³-hybridized carbons (Fsp3) is 0.318. The molecule has 1 aliphatic heterocycles. The minimum Gasteiger partial charge on any atom is -0.395 e. The van der Waals surface area contributed by atoms with Crippen LogP contribution >= 0.6 is 11.6 Å². The molecule has 8 nitrogen and oxygen atoms in total. The Morgan fingerprint density at radius 1 is 1.29 bits per heavy atom. The SMILES string of the molecule is C[C@H](CC(=O)c1ncnc(NCCO)c1Cl)c1cc(C2=Nc3ccc(C(F)(F)F)cc3C2)no1. The molecule has 2 aromatic heterocycles. The number of hydrogen-bond donors (Lipinski definition) is 2. The second kappa shape index (κ2) is 9.51. The number of halogens is 4. The Kier molecular flexibility index (Phi) is 6.67. The molecule has 0 fully saturated rings. The highest BCUT2D eigenvalue weighted by atomic mass is 35.5. The van der Waals surface area contributed by atoms with E-state index < -0.39 is 11.7 Å². The number of hydrogen-bond acceptors (Lipinski definition) is 8. The maximum atomic E-state index is 13.0. The first-order valence-corrected chi connectivity index (χ1v) is 10.7. The molecule has 0 unspecified atom stereocenters. The summed E-state index contributed by atoms with van der Waals surface area (Å²) in [4.78, 5) is 25.1. The lowest BCUT2D eigenvalue weighted by molar-refractivity contribution is -0.137. The highest BCUT2D eigenvalue weighted by molar-refractivity contribution is 6.35. The van der Waals surface area contributed by atoms with Crippen molar-refractivity contribution in [1.29, 1.82) is 0 Å². The first-order valence-electron chi connectivity index (χ1n) is 10.3. The Bertz CT molecular complexity index is 1260. The molecular weight excluding hydrogens is 475 g/mol. The quantitative estimate of drug-likeness (QED) is 0.441. The van der Waals surface area contributed by atoms with Gasteiger partial charge in [0.1, 0.15) is 34.3 Å². The van der Waals surface area contributed by atoms with E-state index in [4.69, 9.17) is 21.2 Å².